The van der Waals surface area contributed by atoms with Gasteiger partial charge in [0.2, 0.25) is 0 Å². The van der Waals surface area contributed by atoms with Crippen LogP contribution in [0.25, 0.3) is 0 Å². The van der Waals surface area contributed by atoms with E-state index in [1.54, 1.807) is 23.1 Å². The number of carbonyl (C=O) groups excluding carboxylic acids is 1. The standard InChI is InChI=1S/C13H21NO2S2/c1-3-5-7-16-12(15)9-11-10-18-13(14-11)17-8-6-4-2/h10H,3-9H2,1-2H3. The molecule has 18 heavy (non-hydrogen) atoms. The van der Waals surface area contributed by atoms with E-state index >= 15 is 0 Å². The number of thiazole rings is 1. The molecular formula is C13H21NO2S2. The van der Waals surface area contributed by atoms with Gasteiger partial charge in [0, 0.05) is 11.1 Å². The Labute approximate surface area is 117 Å². The van der Waals surface area contributed by atoms with Gasteiger partial charge in [0.15, 0.2) is 0 Å². The van der Waals surface area contributed by atoms with E-state index in [0.29, 0.717) is 13.0 Å². The van der Waals surface area contributed by atoms with E-state index < -0.39 is 0 Å². The van der Waals surface area contributed by atoms with Crippen molar-refractivity contribution in [1.82, 2.24) is 4.98 Å². The van der Waals surface area contributed by atoms with Gasteiger partial charge >= 0.3 is 5.97 Å². The third-order valence-corrected chi connectivity index (χ3v) is 4.50. The number of hydrogen-bond donors (Lipinski definition) is 0. The number of aromatic nitrogens is 1. The first-order chi connectivity index (χ1) is 8.76. The smallest absolute Gasteiger partial charge is 0.311 e. The normalized spacial score (nSPS) is 10.6. The van der Waals surface area contributed by atoms with Gasteiger partial charge in [-0.15, -0.1) is 11.3 Å². The third kappa shape index (κ3) is 6.40. The summed E-state index contributed by atoms with van der Waals surface area (Å²) in [6, 6.07) is 0. The SMILES string of the molecule is CCCCOC(=O)Cc1csc(SCCCC)n1. The first kappa shape index (κ1) is 15.5. The molecule has 0 saturated heterocycles. The fraction of sp³-hybridized carbons (Fsp3) is 0.692. The zero-order chi connectivity index (χ0) is 13.2. The molecule has 5 heteroatoms. The van der Waals surface area contributed by atoms with Crippen molar-refractivity contribution in [3.05, 3.63) is 11.1 Å². The van der Waals surface area contributed by atoms with E-state index in [4.69, 9.17) is 4.74 Å². The fourth-order valence-electron chi connectivity index (χ4n) is 1.27. The topological polar surface area (TPSA) is 39.2 Å². The minimum Gasteiger partial charge on any atom is -0.465 e. The highest BCUT2D eigenvalue weighted by molar-refractivity contribution is 8.00. The molecule has 0 spiro atoms. The highest BCUT2D eigenvalue weighted by Crippen LogP contribution is 2.23. The van der Waals surface area contributed by atoms with Crippen molar-refractivity contribution in [3.63, 3.8) is 0 Å². The first-order valence-electron chi connectivity index (χ1n) is 6.49. The average Bonchev–Trinajstić information content (AvgIpc) is 2.77. The van der Waals surface area contributed by atoms with Gasteiger partial charge in [-0.25, -0.2) is 4.98 Å². The molecule has 0 N–H and O–H groups in total. The monoisotopic (exact) mass is 287 g/mol. The highest BCUT2D eigenvalue weighted by atomic mass is 32.2. The van der Waals surface area contributed by atoms with Crippen LogP contribution in [0.1, 0.15) is 45.2 Å². The lowest BCUT2D eigenvalue weighted by molar-refractivity contribution is -0.142. The number of carbonyl (C=O) groups is 1. The number of rotatable bonds is 9. The second-order valence-corrected chi connectivity index (χ2v) is 6.26. The van der Waals surface area contributed by atoms with Crippen LogP contribution >= 0.6 is 23.1 Å². The molecule has 0 bridgehead atoms. The summed E-state index contributed by atoms with van der Waals surface area (Å²) in [6.07, 6.45) is 4.69. The van der Waals surface area contributed by atoms with Gasteiger partial charge in [0.05, 0.1) is 18.7 Å². The van der Waals surface area contributed by atoms with Gasteiger partial charge in [-0.05, 0) is 12.8 Å². The number of hydrogen-bond acceptors (Lipinski definition) is 5. The van der Waals surface area contributed by atoms with Crippen molar-refractivity contribution in [2.75, 3.05) is 12.4 Å². The molecule has 0 unspecified atom stereocenters. The minimum absolute atomic E-state index is 0.168. The van der Waals surface area contributed by atoms with E-state index in [1.807, 2.05) is 5.38 Å². The molecule has 0 saturated carbocycles. The summed E-state index contributed by atoms with van der Waals surface area (Å²) in [5.74, 6) is 0.934. The lowest BCUT2D eigenvalue weighted by atomic mass is 10.3. The number of esters is 1. The molecule has 1 rings (SSSR count). The molecule has 0 fully saturated rings. The summed E-state index contributed by atoms with van der Waals surface area (Å²) >= 11 is 3.38. The van der Waals surface area contributed by atoms with Crippen LogP contribution in [0.15, 0.2) is 9.72 Å². The van der Waals surface area contributed by atoms with Crippen LogP contribution in [-0.4, -0.2) is 23.3 Å². The van der Waals surface area contributed by atoms with Crippen LogP contribution in [0.3, 0.4) is 0 Å². The van der Waals surface area contributed by atoms with Crippen LogP contribution in [-0.2, 0) is 16.0 Å². The Morgan fingerprint density at radius 3 is 2.89 bits per heavy atom. The lowest BCUT2D eigenvalue weighted by Gasteiger charge is -2.01. The summed E-state index contributed by atoms with van der Waals surface area (Å²) in [5.41, 5.74) is 0.834. The quantitative estimate of drug-likeness (QED) is 0.392. The fourth-order valence-corrected chi connectivity index (χ4v) is 3.27. The Morgan fingerprint density at radius 1 is 1.39 bits per heavy atom. The largest absolute Gasteiger partial charge is 0.465 e. The Balaban J connectivity index is 2.27. The van der Waals surface area contributed by atoms with Crippen LogP contribution in [0.5, 0.6) is 0 Å². The summed E-state index contributed by atoms with van der Waals surface area (Å²) in [6.45, 7) is 4.78. The predicted molar refractivity (Wildman–Crippen MR) is 77.3 cm³/mol. The molecule has 0 aliphatic rings. The van der Waals surface area contributed by atoms with Gasteiger partial charge in [-0.1, -0.05) is 38.5 Å². The second-order valence-electron chi connectivity index (χ2n) is 4.06. The molecule has 0 aliphatic carbocycles. The molecule has 0 atom stereocenters. The van der Waals surface area contributed by atoms with Crippen molar-refractivity contribution in [1.29, 1.82) is 0 Å². The van der Waals surface area contributed by atoms with Crippen LogP contribution < -0.4 is 0 Å². The molecule has 0 amide bonds. The van der Waals surface area contributed by atoms with E-state index in [1.165, 1.54) is 12.8 Å². The molecule has 0 aliphatic heterocycles. The Kier molecular flexibility index (Phi) is 8.09. The van der Waals surface area contributed by atoms with E-state index in [-0.39, 0.29) is 5.97 Å². The number of thioether (sulfide) groups is 1. The molecule has 1 heterocycles. The highest BCUT2D eigenvalue weighted by Gasteiger charge is 2.08. The van der Waals surface area contributed by atoms with E-state index in [2.05, 4.69) is 18.8 Å². The Hall–Kier alpha value is -0.550. The van der Waals surface area contributed by atoms with Crippen molar-refractivity contribution in [2.45, 2.75) is 50.3 Å². The maximum atomic E-state index is 11.5. The van der Waals surface area contributed by atoms with Crippen molar-refractivity contribution < 1.29 is 9.53 Å². The van der Waals surface area contributed by atoms with E-state index in [0.717, 1.165) is 28.6 Å². The number of nitrogens with zero attached hydrogens (tertiary/aromatic N) is 1. The summed E-state index contributed by atoms with van der Waals surface area (Å²) < 4.78 is 6.17. The third-order valence-electron chi connectivity index (χ3n) is 2.34. The maximum absolute atomic E-state index is 11.5. The lowest BCUT2D eigenvalue weighted by Crippen LogP contribution is -2.09. The molecule has 1 aromatic rings. The molecule has 0 radical (unpaired) electrons. The van der Waals surface area contributed by atoms with Gasteiger partial charge in [0.25, 0.3) is 0 Å². The number of ether oxygens (including phenoxy) is 1. The van der Waals surface area contributed by atoms with Crippen molar-refractivity contribution in [2.24, 2.45) is 0 Å². The van der Waals surface area contributed by atoms with E-state index in [9.17, 15) is 4.79 Å². The summed E-state index contributed by atoms with van der Waals surface area (Å²) in [4.78, 5) is 15.9. The van der Waals surface area contributed by atoms with Gasteiger partial charge in [-0.3, -0.25) is 4.79 Å². The molecule has 3 nitrogen and oxygen atoms in total. The maximum Gasteiger partial charge on any atom is 0.311 e. The second kappa shape index (κ2) is 9.39. The van der Waals surface area contributed by atoms with Crippen LogP contribution in [0, 0.1) is 0 Å². The van der Waals surface area contributed by atoms with Gasteiger partial charge < -0.3 is 4.74 Å². The van der Waals surface area contributed by atoms with Crippen LogP contribution in [0.4, 0.5) is 0 Å². The van der Waals surface area contributed by atoms with Crippen LogP contribution in [0.2, 0.25) is 0 Å². The minimum atomic E-state index is -0.168. The van der Waals surface area contributed by atoms with Crippen molar-refractivity contribution in [3.8, 4) is 0 Å². The summed E-state index contributed by atoms with van der Waals surface area (Å²) in [5, 5.41) is 1.95. The molecule has 0 aromatic carbocycles. The van der Waals surface area contributed by atoms with Gasteiger partial charge in [0.1, 0.15) is 4.34 Å². The Morgan fingerprint density at radius 2 is 2.17 bits per heavy atom. The average molecular weight is 287 g/mol. The first-order valence-corrected chi connectivity index (χ1v) is 8.35. The zero-order valence-corrected chi connectivity index (χ0v) is 12.7. The van der Waals surface area contributed by atoms with Gasteiger partial charge in [-0.2, -0.15) is 0 Å². The summed E-state index contributed by atoms with van der Waals surface area (Å²) in [7, 11) is 0. The molecular weight excluding hydrogens is 266 g/mol. The predicted octanol–water partition coefficient (Wildman–Crippen LogP) is 3.92. The molecule has 102 valence electrons. The zero-order valence-electron chi connectivity index (χ0n) is 11.1. The van der Waals surface area contributed by atoms with Crippen molar-refractivity contribution >= 4 is 29.1 Å². The Bertz CT molecular complexity index is 353. The number of unbranched alkanes of at least 4 members (excludes halogenated alkanes) is 2. The molecule has 1 aromatic heterocycles.